The summed E-state index contributed by atoms with van der Waals surface area (Å²) >= 11 is 7.31. The molecular formula is C24H25ClN6O6S3. The van der Waals surface area contributed by atoms with Gasteiger partial charge in [0.2, 0.25) is 26.0 Å². The van der Waals surface area contributed by atoms with Gasteiger partial charge in [-0.25, -0.2) is 21.8 Å². The number of halogens is 1. The Morgan fingerprint density at radius 1 is 1.07 bits per heavy atom. The van der Waals surface area contributed by atoms with Crippen molar-refractivity contribution in [2.45, 2.75) is 4.90 Å². The van der Waals surface area contributed by atoms with Crippen LogP contribution in [0.25, 0.3) is 0 Å². The highest BCUT2D eigenvalue weighted by molar-refractivity contribution is 7.92. The number of rotatable bonds is 6. The number of anilines is 4. The molecule has 40 heavy (non-hydrogen) atoms. The summed E-state index contributed by atoms with van der Waals surface area (Å²) < 4.78 is 53.6. The van der Waals surface area contributed by atoms with Crippen molar-refractivity contribution in [3.8, 4) is 0 Å². The third-order valence-corrected chi connectivity index (χ3v) is 11.0. The summed E-state index contributed by atoms with van der Waals surface area (Å²) in [5.41, 5.74) is 0.689. The van der Waals surface area contributed by atoms with E-state index in [2.05, 4.69) is 10.3 Å². The first-order valence-electron chi connectivity index (χ1n) is 12.0. The lowest BCUT2D eigenvalue weighted by Gasteiger charge is -2.34. The van der Waals surface area contributed by atoms with Crippen molar-refractivity contribution in [2.24, 2.45) is 0 Å². The van der Waals surface area contributed by atoms with E-state index in [9.17, 15) is 26.4 Å². The number of para-hydroxylation sites is 1. The molecule has 0 spiro atoms. The van der Waals surface area contributed by atoms with Gasteiger partial charge in [-0.2, -0.15) is 4.31 Å². The first-order valence-corrected chi connectivity index (χ1v) is 16.6. The summed E-state index contributed by atoms with van der Waals surface area (Å²) in [6, 6.07) is 10.4. The number of amides is 2. The lowest BCUT2D eigenvalue weighted by Crippen LogP contribution is -2.48. The van der Waals surface area contributed by atoms with Gasteiger partial charge in [-0.05, 0) is 30.3 Å². The third kappa shape index (κ3) is 5.39. The van der Waals surface area contributed by atoms with Crippen LogP contribution >= 0.6 is 22.9 Å². The van der Waals surface area contributed by atoms with Crippen molar-refractivity contribution < 1.29 is 26.4 Å². The lowest BCUT2D eigenvalue weighted by atomic mass is 10.1. The monoisotopic (exact) mass is 624 g/mol. The SMILES string of the molecule is CN(c1ccccc1C(=O)N1CC(=O)Nc2cc(S(=O)(=O)N3CCN(c4nc(Cl)cs4)CC3)ccc21)S(C)(=O)=O. The molecule has 1 aromatic heterocycles. The Kier molecular flexibility index (Phi) is 7.52. The number of piperazine rings is 1. The molecule has 212 valence electrons. The molecule has 2 amide bonds. The lowest BCUT2D eigenvalue weighted by molar-refractivity contribution is -0.115. The minimum absolute atomic E-state index is 0.0243. The van der Waals surface area contributed by atoms with Gasteiger partial charge in [0.05, 0.1) is 33.8 Å². The van der Waals surface area contributed by atoms with E-state index in [1.807, 2.05) is 4.90 Å². The second kappa shape index (κ2) is 10.6. The molecule has 12 nitrogen and oxygen atoms in total. The highest BCUT2D eigenvalue weighted by Crippen LogP contribution is 2.35. The third-order valence-electron chi connectivity index (χ3n) is 6.66. The average Bonchev–Trinajstić information content (AvgIpc) is 3.37. The van der Waals surface area contributed by atoms with Crippen molar-refractivity contribution in [1.29, 1.82) is 0 Å². The van der Waals surface area contributed by atoms with Gasteiger partial charge in [-0.1, -0.05) is 23.7 Å². The standard InChI is InChI=1S/C24H25ClN6O6S3/c1-28(39(2,34)35)19-6-4-3-5-17(19)23(33)31-14-22(32)26-18-13-16(7-8-20(18)31)40(36,37)30-11-9-29(10-12-30)24-27-21(25)15-38-24/h3-8,13,15H,9-12,14H2,1-2H3,(H,26,32). The minimum atomic E-state index is -3.90. The first kappa shape index (κ1) is 28.3. The van der Waals surface area contributed by atoms with E-state index in [1.54, 1.807) is 17.5 Å². The molecule has 1 saturated heterocycles. The van der Waals surface area contributed by atoms with Crippen LogP contribution in [0, 0.1) is 0 Å². The summed E-state index contributed by atoms with van der Waals surface area (Å²) in [6.07, 6.45) is 1.02. The smallest absolute Gasteiger partial charge is 0.260 e. The topological polar surface area (TPSA) is 140 Å². The van der Waals surface area contributed by atoms with Gasteiger partial charge < -0.3 is 10.2 Å². The summed E-state index contributed by atoms with van der Waals surface area (Å²) in [6.45, 7) is 1.02. The highest BCUT2D eigenvalue weighted by Gasteiger charge is 2.34. The molecule has 0 radical (unpaired) electrons. The molecule has 5 rings (SSSR count). The van der Waals surface area contributed by atoms with Crippen molar-refractivity contribution in [1.82, 2.24) is 9.29 Å². The Morgan fingerprint density at radius 2 is 1.77 bits per heavy atom. The normalized spacial score (nSPS) is 16.4. The largest absolute Gasteiger partial charge is 0.345 e. The number of hydrogen-bond donors (Lipinski definition) is 1. The van der Waals surface area contributed by atoms with E-state index in [1.165, 1.54) is 57.9 Å². The van der Waals surface area contributed by atoms with E-state index in [0.29, 0.717) is 23.9 Å². The molecule has 0 saturated carbocycles. The molecule has 3 heterocycles. The first-order chi connectivity index (χ1) is 18.9. The number of sulfonamides is 2. The van der Waals surface area contributed by atoms with Crippen LogP contribution < -0.4 is 19.4 Å². The molecule has 3 aromatic rings. The van der Waals surface area contributed by atoms with Crippen molar-refractivity contribution in [3.63, 3.8) is 0 Å². The molecule has 2 aromatic carbocycles. The van der Waals surface area contributed by atoms with E-state index in [4.69, 9.17) is 11.6 Å². The second-order valence-corrected chi connectivity index (χ2v) is 14.4. The Hall–Kier alpha value is -3.24. The number of aromatic nitrogens is 1. The number of thiazole rings is 1. The van der Waals surface area contributed by atoms with Crippen molar-refractivity contribution in [2.75, 3.05) is 65.4 Å². The van der Waals surface area contributed by atoms with Gasteiger partial charge in [0.1, 0.15) is 11.7 Å². The molecule has 0 atom stereocenters. The number of hydrogen-bond acceptors (Lipinski definition) is 9. The van der Waals surface area contributed by atoms with Crippen LogP contribution in [0.2, 0.25) is 5.15 Å². The van der Waals surface area contributed by atoms with Gasteiger partial charge in [-0.15, -0.1) is 11.3 Å². The van der Waals surface area contributed by atoms with Crippen LogP contribution in [0.5, 0.6) is 0 Å². The van der Waals surface area contributed by atoms with Gasteiger partial charge in [0.15, 0.2) is 5.13 Å². The molecule has 2 aliphatic heterocycles. The van der Waals surface area contributed by atoms with E-state index < -0.39 is 31.9 Å². The van der Waals surface area contributed by atoms with E-state index in [0.717, 1.165) is 15.7 Å². The maximum absolute atomic E-state index is 13.6. The predicted octanol–water partition coefficient (Wildman–Crippen LogP) is 2.30. The maximum Gasteiger partial charge on any atom is 0.260 e. The summed E-state index contributed by atoms with van der Waals surface area (Å²) in [5, 5.41) is 5.50. The van der Waals surface area contributed by atoms with Gasteiger partial charge >= 0.3 is 0 Å². The molecule has 0 aliphatic carbocycles. The number of carbonyl (C=O) groups excluding carboxylic acids is 2. The zero-order valence-electron chi connectivity index (χ0n) is 21.4. The predicted molar refractivity (Wildman–Crippen MR) is 155 cm³/mol. The van der Waals surface area contributed by atoms with Gasteiger partial charge in [0.25, 0.3) is 5.91 Å². The zero-order valence-corrected chi connectivity index (χ0v) is 24.6. The number of carbonyl (C=O) groups is 2. The Balaban J connectivity index is 1.41. The van der Waals surface area contributed by atoms with Gasteiger partial charge in [-0.3, -0.25) is 18.8 Å². The zero-order chi connectivity index (χ0) is 28.8. The number of nitrogens with zero attached hydrogens (tertiary/aromatic N) is 5. The van der Waals surface area contributed by atoms with Crippen molar-refractivity contribution in [3.05, 3.63) is 58.6 Å². The Bertz CT molecular complexity index is 1700. The quantitative estimate of drug-likeness (QED) is 0.441. The van der Waals surface area contributed by atoms with Crippen LogP contribution in [-0.4, -0.2) is 84.0 Å². The van der Waals surface area contributed by atoms with Crippen LogP contribution in [0.15, 0.2) is 52.7 Å². The number of nitrogens with one attached hydrogen (secondary N) is 1. The maximum atomic E-state index is 13.6. The van der Waals surface area contributed by atoms with E-state index >= 15 is 0 Å². The summed E-state index contributed by atoms with van der Waals surface area (Å²) in [4.78, 5) is 33.6. The molecule has 1 fully saturated rings. The van der Waals surface area contributed by atoms with Crippen LogP contribution in [0.3, 0.4) is 0 Å². The van der Waals surface area contributed by atoms with Crippen molar-refractivity contribution >= 4 is 77.0 Å². The molecule has 0 bridgehead atoms. The summed E-state index contributed by atoms with van der Waals surface area (Å²) in [5.74, 6) is -1.11. The fourth-order valence-electron chi connectivity index (χ4n) is 4.52. The average molecular weight is 625 g/mol. The van der Waals surface area contributed by atoms with Crippen LogP contribution in [0.4, 0.5) is 22.2 Å². The van der Waals surface area contributed by atoms with E-state index in [-0.39, 0.29) is 41.5 Å². The fraction of sp³-hybridized carbons (Fsp3) is 0.292. The van der Waals surface area contributed by atoms with Gasteiger partial charge in [0, 0.05) is 38.6 Å². The summed E-state index contributed by atoms with van der Waals surface area (Å²) in [7, 11) is -6.23. The number of benzene rings is 2. The molecule has 0 unspecified atom stereocenters. The molecule has 1 N–H and O–H groups in total. The minimum Gasteiger partial charge on any atom is -0.345 e. The molecule has 2 aliphatic rings. The van der Waals surface area contributed by atoms with Crippen LogP contribution in [0.1, 0.15) is 10.4 Å². The fourth-order valence-corrected chi connectivity index (χ4v) is 7.49. The molecule has 16 heteroatoms. The Labute approximate surface area is 240 Å². The Morgan fingerprint density at radius 3 is 2.42 bits per heavy atom. The number of fused-ring (bicyclic) bond motifs is 1. The highest BCUT2D eigenvalue weighted by atomic mass is 35.5. The molecular weight excluding hydrogens is 600 g/mol. The second-order valence-electron chi connectivity index (χ2n) is 9.21. The van der Waals surface area contributed by atoms with Crippen LogP contribution in [-0.2, 0) is 24.8 Å².